The van der Waals surface area contributed by atoms with Crippen LogP contribution in [0, 0.1) is 12.3 Å². The minimum absolute atomic E-state index is 0.0260. The van der Waals surface area contributed by atoms with E-state index >= 15 is 0 Å². The Bertz CT molecular complexity index is 1200. The van der Waals surface area contributed by atoms with E-state index in [9.17, 15) is 9.90 Å². The van der Waals surface area contributed by atoms with Gasteiger partial charge in [0, 0.05) is 17.5 Å². The van der Waals surface area contributed by atoms with Crippen LogP contribution in [0.1, 0.15) is 61.8 Å². The highest BCUT2D eigenvalue weighted by Gasteiger charge is 2.32. The predicted molar refractivity (Wildman–Crippen MR) is 134 cm³/mol. The third-order valence-corrected chi connectivity index (χ3v) is 6.73. The van der Waals surface area contributed by atoms with Gasteiger partial charge in [-0.2, -0.15) is 0 Å². The summed E-state index contributed by atoms with van der Waals surface area (Å²) in [6, 6.07) is 14.4. The molecule has 0 fully saturated rings. The summed E-state index contributed by atoms with van der Waals surface area (Å²) in [4.78, 5) is 15.9. The maximum atomic E-state index is 11.2. The fraction of sp³-hybridized carbons (Fsp3) is 0.379. The van der Waals surface area contributed by atoms with Crippen LogP contribution in [0.2, 0.25) is 0 Å². The van der Waals surface area contributed by atoms with Crippen LogP contribution in [0.3, 0.4) is 0 Å². The van der Waals surface area contributed by atoms with Crippen LogP contribution in [0.25, 0.3) is 17.0 Å². The normalized spacial score (nSPS) is 15.8. The maximum absolute atomic E-state index is 11.2. The highest BCUT2D eigenvalue weighted by atomic mass is 16.5. The Morgan fingerprint density at radius 1 is 1.21 bits per heavy atom. The standard InChI is InChI=1S/C29H33NO4/c1-5-20-9-11-21(12-10-20)28-30-25(19(2)34-28)16-18-33-26-8-6-7-22-23(26)15-17-29(3,4)24(22)13-14-27(31)32/h6-13H,5,14-18H2,1-4H3,(H,31,32)/b24-13+. The predicted octanol–water partition coefficient (Wildman–Crippen LogP) is 6.66. The minimum atomic E-state index is -0.813. The van der Waals surface area contributed by atoms with Gasteiger partial charge in [-0.3, -0.25) is 4.79 Å². The number of aromatic nitrogens is 1. The van der Waals surface area contributed by atoms with E-state index in [0.29, 0.717) is 18.9 Å². The first kappa shape index (κ1) is 23.8. The van der Waals surface area contributed by atoms with Crippen LogP contribution in [0.4, 0.5) is 0 Å². The Morgan fingerprint density at radius 3 is 2.68 bits per heavy atom. The highest BCUT2D eigenvalue weighted by Crippen LogP contribution is 2.47. The molecule has 0 bridgehead atoms. The van der Waals surface area contributed by atoms with Gasteiger partial charge in [-0.25, -0.2) is 4.98 Å². The first-order chi connectivity index (χ1) is 16.3. The number of carboxylic acids is 1. The third-order valence-electron chi connectivity index (χ3n) is 6.73. The van der Waals surface area contributed by atoms with Crippen LogP contribution in [0.15, 0.2) is 53.0 Å². The number of rotatable bonds is 8. The van der Waals surface area contributed by atoms with Crippen molar-refractivity contribution in [3.05, 3.63) is 76.7 Å². The van der Waals surface area contributed by atoms with Crippen molar-refractivity contribution >= 4 is 11.5 Å². The molecular weight excluding hydrogens is 426 g/mol. The number of allylic oxidation sites excluding steroid dienone is 1. The molecule has 1 aliphatic rings. The SMILES string of the molecule is CCc1ccc(-c2nc(CCOc3cccc4c3CCC(C)(C)/C4=C/CC(=O)O)c(C)o2)cc1. The lowest BCUT2D eigenvalue weighted by Crippen LogP contribution is -2.22. The van der Waals surface area contributed by atoms with Gasteiger partial charge in [-0.1, -0.05) is 51.1 Å². The number of benzene rings is 2. The molecule has 178 valence electrons. The van der Waals surface area contributed by atoms with Crippen molar-refractivity contribution in [1.29, 1.82) is 0 Å². The summed E-state index contributed by atoms with van der Waals surface area (Å²) in [6.07, 6.45) is 5.40. The molecule has 0 unspecified atom stereocenters. The molecule has 0 aliphatic heterocycles. The average Bonchev–Trinajstić information content (AvgIpc) is 3.18. The molecule has 1 N–H and O–H groups in total. The van der Waals surface area contributed by atoms with E-state index in [1.165, 1.54) is 5.56 Å². The molecule has 0 atom stereocenters. The second kappa shape index (κ2) is 9.88. The molecule has 0 radical (unpaired) electrons. The van der Waals surface area contributed by atoms with Gasteiger partial charge in [0.25, 0.3) is 0 Å². The first-order valence-electron chi connectivity index (χ1n) is 12.0. The van der Waals surface area contributed by atoms with E-state index in [-0.39, 0.29) is 11.8 Å². The van der Waals surface area contributed by atoms with Gasteiger partial charge in [0.2, 0.25) is 5.89 Å². The second-order valence-electron chi connectivity index (χ2n) is 9.55. The van der Waals surface area contributed by atoms with Gasteiger partial charge in [-0.15, -0.1) is 0 Å². The molecule has 5 heteroatoms. The Balaban J connectivity index is 1.48. The molecule has 0 saturated carbocycles. The number of hydrogen-bond donors (Lipinski definition) is 1. The number of ether oxygens (including phenoxy) is 1. The van der Waals surface area contributed by atoms with Crippen molar-refractivity contribution in [3.8, 4) is 17.2 Å². The molecule has 1 aromatic heterocycles. The summed E-state index contributed by atoms with van der Waals surface area (Å²) in [7, 11) is 0. The average molecular weight is 460 g/mol. The third kappa shape index (κ3) is 5.09. The zero-order valence-electron chi connectivity index (χ0n) is 20.5. The lowest BCUT2D eigenvalue weighted by Gasteiger charge is -2.35. The number of fused-ring (bicyclic) bond motifs is 1. The number of carbonyl (C=O) groups is 1. The van der Waals surface area contributed by atoms with Crippen molar-refractivity contribution in [2.45, 2.75) is 59.8 Å². The Morgan fingerprint density at radius 2 is 1.97 bits per heavy atom. The summed E-state index contributed by atoms with van der Waals surface area (Å²) in [5.41, 5.74) is 6.46. The first-order valence-corrected chi connectivity index (χ1v) is 12.0. The summed E-state index contributed by atoms with van der Waals surface area (Å²) < 4.78 is 12.2. The number of hydrogen-bond acceptors (Lipinski definition) is 4. The van der Waals surface area contributed by atoms with Gasteiger partial charge in [0.15, 0.2) is 0 Å². The number of oxazole rings is 1. The van der Waals surface area contributed by atoms with E-state index in [1.807, 2.05) is 25.1 Å². The quantitative estimate of drug-likeness (QED) is 0.407. The van der Waals surface area contributed by atoms with Gasteiger partial charge in [0.1, 0.15) is 11.5 Å². The van der Waals surface area contributed by atoms with Crippen molar-refractivity contribution in [2.75, 3.05) is 6.61 Å². The summed E-state index contributed by atoms with van der Waals surface area (Å²) in [5.74, 6) is 1.51. The molecule has 34 heavy (non-hydrogen) atoms. The largest absolute Gasteiger partial charge is 0.493 e. The van der Waals surface area contributed by atoms with Gasteiger partial charge >= 0.3 is 5.97 Å². The monoisotopic (exact) mass is 459 g/mol. The van der Waals surface area contributed by atoms with E-state index in [2.05, 4.69) is 51.1 Å². The van der Waals surface area contributed by atoms with E-state index in [1.54, 1.807) is 0 Å². The number of nitrogens with zero attached hydrogens (tertiary/aromatic N) is 1. The fourth-order valence-electron chi connectivity index (χ4n) is 4.65. The van der Waals surface area contributed by atoms with Crippen LogP contribution in [-0.4, -0.2) is 22.7 Å². The molecule has 4 rings (SSSR count). The van der Waals surface area contributed by atoms with Crippen LogP contribution < -0.4 is 4.74 Å². The Labute approximate surface area is 201 Å². The molecule has 2 aromatic carbocycles. The highest BCUT2D eigenvalue weighted by molar-refractivity contribution is 5.79. The smallest absolute Gasteiger partial charge is 0.307 e. The van der Waals surface area contributed by atoms with E-state index < -0.39 is 5.97 Å². The van der Waals surface area contributed by atoms with E-state index in [0.717, 1.165) is 58.7 Å². The van der Waals surface area contributed by atoms with Crippen LogP contribution in [-0.2, 0) is 24.1 Å². The lowest BCUT2D eigenvalue weighted by atomic mass is 9.70. The molecular formula is C29H33NO4. The van der Waals surface area contributed by atoms with Gasteiger partial charge in [-0.05, 0) is 66.5 Å². The lowest BCUT2D eigenvalue weighted by molar-refractivity contribution is -0.136. The van der Waals surface area contributed by atoms with Gasteiger partial charge in [0.05, 0.1) is 18.7 Å². The summed E-state index contributed by atoms with van der Waals surface area (Å²) in [6.45, 7) is 8.93. The van der Waals surface area contributed by atoms with Crippen molar-refractivity contribution in [3.63, 3.8) is 0 Å². The van der Waals surface area contributed by atoms with Crippen LogP contribution in [0.5, 0.6) is 5.75 Å². The molecule has 0 amide bonds. The molecule has 1 heterocycles. The maximum Gasteiger partial charge on any atom is 0.307 e. The van der Waals surface area contributed by atoms with E-state index in [4.69, 9.17) is 14.1 Å². The van der Waals surface area contributed by atoms with Crippen molar-refractivity contribution < 1.29 is 19.1 Å². The second-order valence-corrected chi connectivity index (χ2v) is 9.55. The minimum Gasteiger partial charge on any atom is -0.493 e. The zero-order valence-corrected chi connectivity index (χ0v) is 20.5. The Kier molecular flexibility index (Phi) is 6.92. The zero-order chi connectivity index (χ0) is 24.3. The van der Waals surface area contributed by atoms with Crippen molar-refractivity contribution in [1.82, 2.24) is 4.98 Å². The van der Waals surface area contributed by atoms with Gasteiger partial charge < -0.3 is 14.3 Å². The summed E-state index contributed by atoms with van der Waals surface area (Å²) >= 11 is 0. The number of carboxylic acid groups (broad SMARTS) is 1. The molecule has 1 aliphatic carbocycles. The molecule has 5 nitrogen and oxygen atoms in total. The fourth-order valence-corrected chi connectivity index (χ4v) is 4.65. The number of aliphatic carboxylic acids is 1. The molecule has 0 saturated heterocycles. The van der Waals surface area contributed by atoms with Crippen molar-refractivity contribution in [2.24, 2.45) is 5.41 Å². The number of aryl methyl sites for hydroxylation is 2. The Hall–Kier alpha value is -3.34. The molecule has 0 spiro atoms. The topological polar surface area (TPSA) is 72.6 Å². The summed E-state index contributed by atoms with van der Waals surface area (Å²) in [5, 5.41) is 9.18. The van der Waals surface area contributed by atoms with Crippen LogP contribution >= 0.6 is 0 Å². The molecule has 3 aromatic rings.